The van der Waals surface area contributed by atoms with E-state index in [9.17, 15) is 4.79 Å². The highest BCUT2D eigenvalue weighted by atomic mass is 16.2. The topological polar surface area (TPSA) is 104 Å². The minimum absolute atomic E-state index is 0.188. The summed E-state index contributed by atoms with van der Waals surface area (Å²) < 4.78 is 1.74. The lowest BCUT2D eigenvalue weighted by atomic mass is 10.0. The van der Waals surface area contributed by atoms with E-state index in [-0.39, 0.29) is 5.91 Å². The number of aromatic nitrogens is 6. The van der Waals surface area contributed by atoms with Crippen molar-refractivity contribution in [2.24, 2.45) is 11.8 Å². The first-order valence-electron chi connectivity index (χ1n) is 10.3. The minimum atomic E-state index is 0.188. The molecule has 30 heavy (non-hydrogen) atoms. The van der Waals surface area contributed by atoms with Crippen LogP contribution in [0.5, 0.6) is 0 Å². The van der Waals surface area contributed by atoms with Gasteiger partial charge in [0.25, 0.3) is 0 Å². The molecule has 9 nitrogen and oxygen atoms in total. The van der Waals surface area contributed by atoms with Crippen LogP contribution in [-0.4, -0.2) is 59.5 Å². The third kappa shape index (κ3) is 2.80. The molecule has 6 rings (SSSR count). The standard InChI is InChI=1S/C21H22N8O/c1-12(30)28-9-14-4-16(5-15(14)10-28)26-21-23-8-18-17(7-22-20(18)27-21)13-2-3-29-19(6-13)24-11-25-29/h2-3,6-8,11,14-16H,4-5,9-10H2,1H3,(H2,22,23,26,27)/t14-,15+,16+. The largest absolute Gasteiger partial charge is 0.351 e. The maximum absolute atomic E-state index is 11.6. The first-order valence-corrected chi connectivity index (χ1v) is 10.3. The van der Waals surface area contributed by atoms with Crippen molar-refractivity contribution in [1.82, 2.24) is 34.4 Å². The Labute approximate surface area is 172 Å². The number of pyridine rings is 1. The molecule has 4 aromatic rings. The van der Waals surface area contributed by atoms with Gasteiger partial charge in [-0.1, -0.05) is 0 Å². The molecule has 1 aliphatic carbocycles. The third-order valence-corrected chi connectivity index (χ3v) is 6.55. The number of anilines is 1. The third-order valence-electron chi connectivity index (χ3n) is 6.55. The normalized spacial score (nSPS) is 23.4. The van der Waals surface area contributed by atoms with Gasteiger partial charge in [0.1, 0.15) is 12.0 Å². The number of carbonyl (C=O) groups is 1. The first-order chi connectivity index (χ1) is 14.6. The number of rotatable bonds is 3. The van der Waals surface area contributed by atoms with Gasteiger partial charge in [0.05, 0.1) is 0 Å². The molecule has 5 heterocycles. The zero-order valence-electron chi connectivity index (χ0n) is 16.6. The molecular weight excluding hydrogens is 380 g/mol. The summed E-state index contributed by atoms with van der Waals surface area (Å²) in [5.41, 5.74) is 3.70. The Hall–Kier alpha value is -3.49. The molecule has 2 N–H and O–H groups in total. The van der Waals surface area contributed by atoms with Gasteiger partial charge in [-0.15, -0.1) is 0 Å². The lowest BCUT2D eigenvalue weighted by molar-refractivity contribution is -0.128. The number of hydrogen-bond acceptors (Lipinski definition) is 6. The van der Waals surface area contributed by atoms with Crippen LogP contribution in [0.25, 0.3) is 27.8 Å². The van der Waals surface area contributed by atoms with Crippen LogP contribution >= 0.6 is 0 Å². The van der Waals surface area contributed by atoms with Crippen LogP contribution in [0.1, 0.15) is 19.8 Å². The monoisotopic (exact) mass is 402 g/mol. The fourth-order valence-corrected chi connectivity index (χ4v) is 5.06. The maximum Gasteiger partial charge on any atom is 0.224 e. The number of fused-ring (bicyclic) bond motifs is 3. The predicted octanol–water partition coefficient (Wildman–Crippen LogP) is 2.34. The fraction of sp³-hybridized carbons (Fsp3) is 0.381. The summed E-state index contributed by atoms with van der Waals surface area (Å²) in [5, 5.41) is 8.63. The summed E-state index contributed by atoms with van der Waals surface area (Å²) in [7, 11) is 0. The molecule has 152 valence electrons. The molecule has 1 aliphatic heterocycles. The molecule has 1 amide bonds. The zero-order chi connectivity index (χ0) is 20.2. The lowest BCUT2D eigenvalue weighted by Gasteiger charge is -2.18. The van der Waals surface area contributed by atoms with E-state index >= 15 is 0 Å². The number of amides is 1. The summed E-state index contributed by atoms with van der Waals surface area (Å²) in [6.07, 6.45) is 9.40. The SMILES string of the molecule is CC(=O)N1C[C@H]2C[C@H](Nc3ncc4c(-c5ccn6ncnc6c5)c[nH]c4n3)C[C@H]2C1. The van der Waals surface area contributed by atoms with Crippen molar-refractivity contribution in [3.8, 4) is 11.1 Å². The zero-order valence-corrected chi connectivity index (χ0v) is 16.6. The minimum Gasteiger partial charge on any atom is -0.351 e. The van der Waals surface area contributed by atoms with Gasteiger partial charge >= 0.3 is 0 Å². The molecule has 2 fully saturated rings. The predicted molar refractivity (Wildman–Crippen MR) is 112 cm³/mol. The van der Waals surface area contributed by atoms with Gasteiger partial charge in [-0.25, -0.2) is 14.5 Å². The molecule has 1 saturated heterocycles. The van der Waals surface area contributed by atoms with E-state index in [1.165, 1.54) is 0 Å². The first kappa shape index (κ1) is 17.4. The van der Waals surface area contributed by atoms with Gasteiger partial charge < -0.3 is 15.2 Å². The second-order valence-electron chi connectivity index (χ2n) is 8.39. The maximum atomic E-state index is 11.6. The second-order valence-corrected chi connectivity index (χ2v) is 8.39. The van der Waals surface area contributed by atoms with Crippen molar-refractivity contribution >= 4 is 28.5 Å². The summed E-state index contributed by atoms with van der Waals surface area (Å²) in [6, 6.07) is 4.37. The number of carbonyl (C=O) groups excluding carboxylic acids is 1. The molecule has 0 unspecified atom stereocenters. The molecule has 0 radical (unpaired) electrons. The van der Waals surface area contributed by atoms with Gasteiger partial charge in [-0.05, 0) is 42.4 Å². The molecule has 3 atom stereocenters. The molecule has 2 aliphatic rings. The molecule has 0 aromatic carbocycles. The van der Waals surface area contributed by atoms with Crippen molar-refractivity contribution in [3.63, 3.8) is 0 Å². The Bertz CT molecular complexity index is 1250. The molecule has 0 bridgehead atoms. The van der Waals surface area contributed by atoms with E-state index in [4.69, 9.17) is 4.98 Å². The van der Waals surface area contributed by atoms with Crippen molar-refractivity contribution in [3.05, 3.63) is 37.1 Å². The highest BCUT2D eigenvalue weighted by Crippen LogP contribution is 2.39. The summed E-state index contributed by atoms with van der Waals surface area (Å²) in [5.74, 6) is 2.00. The Morgan fingerprint density at radius 3 is 2.87 bits per heavy atom. The van der Waals surface area contributed by atoms with Gasteiger partial charge in [-0.3, -0.25) is 4.79 Å². The van der Waals surface area contributed by atoms with E-state index in [0.29, 0.717) is 23.8 Å². The van der Waals surface area contributed by atoms with Crippen molar-refractivity contribution in [2.75, 3.05) is 18.4 Å². The number of likely N-dealkylation sites (tertiary alicyclic amines) is 1. The van der Waals surface area contributed by atoms with E-state index in [0.717, 1.165) is 53.7 Å². The highest BCUT2D eigenvalue weighted by Gasteiger charge is 2.41. The molecule has 4 aromatic heterocycles. The summed E-state index contributed by atoms with van der Waals surface area (Å²) >= 11 is 0. The van der Waals surface area contributed by atoms with Crippen LogP contribution in [0, 0.1) is 11.8 Å². The van der Waals surface area contributed by atoms with Crippen LogP contribution in [-0.2, 0) is 4.79 Å². The van der Waals surface area contributed by atoms with Crippen LogP contribution in [0.2, 0.25) is 0 Å². The van der Waals surface area contributed by atoms with Crippen molar-refractivity contribution in [2.45, 2.75) is 25.8 Å². The number of nitrogens with zero attached hydrogens (tertiary/aromatic N) is 6. The Morgan fingerprint density at radius 1 is 1.23 bits per heavy atom. The quantitative estimate of drug-likeness (QED) is 0.545. The number of H-pyrrole nitrogens is 1. The smallest absolute Gasteiger partial charge is 0.224 e. The summed E-state index contributed by atoms with van der Waals surface area (Å²) in [4.78, 5) is 30.4. The van der Waals surface area contributed by atoms with E-state index in [1.54, 1.807) is 17.8 Å². The molecular formula is C21H22N8O. The van der Waals surface area contributed by atoms with Crippen molar-refractivity contribution in [1.29, 1.82) is 0 Å². The van der Waals surface area contributed by atoms with Crippen LogP contribution in [0.4, 0.5) is 5.95 Å². The highest BCUT2D eigenvalue weighted by molar-refractivity contribution is 5.93. The van der Waals surface area contributed by atoms with E-state index in [2.05, 4.69) is 25.4 Å². The fourth-order valence-electron chi connectivity index (χ4n) is 5.06. The Balaban J connectivity index is 1.21. The number of nitrogens with one attached hydrogen (secondary N) is 2. The van der Waals surface area contributed by atoms with Gasteiger partial charge in [0, 0.05) is 55.6 Å². The van der Waals surface area contributed by atoms with Crippen LogP contribution < -0.4 is 5.32 Å². The Morgan fingerprint density at radius 2 is 2.07 bits per heavy atom. The summed E-state index contributed by atoms with van der Waals surface area (Å²) in [6.45, 7) is 3.43. The number of hydrogen-bond donors (Lipinski definition) is 2. The van der Waals surface area contributed by atoms with Gasteiger partial charge in [0.15, 0.2) is 5.65 Å². The van der Waals surface area contributed by atoms with Crippen LogP contribution in [0.3, 0.4) is 0 Å². The van der Waals surface area contributed by atoms with Crippen LogP contribution in [0.15, 0.2) is 37.1 Å². The van der Waals surface area contributed by atoms with Crippen molar-refractivity contribution < 1.29 is 4.79 Å². The van der Waals surface area contributed by atoms with E-state index in [1.807, 2.05) is 35.6 Å². The Kier molecular flexibility index (Phi) is 3.77. The van der Waals surface area contributed by atoms with Gasteiger partial charge in [0.2, 0.25) is 11.9 Å². The van der Waals surface area contributed by atoms with Gasteiger partial charge in [-0.2, -0.15) is 10.1 Å². The molecule has 0 spiro atoms. The average molecular weight is 402 g/mol. The average Bonchev–Trinajstić information content (AvgIpc) is 3.49. The molecule has 1 saturated carbocycles. The number of aromatic amines is 1. The second kappa shape index (κ2) is 6.51. The molecule has 9 heteroatoms. The lowest BCUT2D eigenvalue weighted by Crippen LogP contribution is -2.29. The van der Waals surface area contributed by atoms with E-state index < -0.39 is 0 Å².